The fourth-order valence-electron chi connectivity index (χ4n) is 3.11. The van der Waals surface area contributed by atoms with Crippen molar-refractivity contribution >= 4 is 17.5 Å². The Balaban J connectivity index is 2.25. The fraction of sp³-hybridized carbons (Fsp3) is 0.611. The van der Waals surface area contributed by atoms with Crippen LogP contribution in [0.4, 0.5) is 0 Å². The van der Waals surface area contributed by atoms with Crippen LogP contribution in [0.15, 0.2) is 24.3 Å². The highest BCUT2D eigenvalue weighted by atomic mass is 35.5. The Morgan fingerprint density at radius 2 is 1.91 bits per heavy atom. The summed E-state index contributed by atoms with van der Waals surface area (Å²) in [6, 6.07) is 7.60. The van der Waals surface area contributed by atoms with E-state index in [0.29, 0.717) is 37.6 Å². The van der Waals surface area contributed by atoms with E-state index in [0.717, 1.165) is 18.4 Å². The van der Waals surface area contributed by atoms with Gasteiger partial charge in [-0.1, -0.05) is 43.6 Å². The molecule has 2 rings (SSSR count). The van der Waals surface area contributed by atoms with Crippen molar-refractivity contribution in [1.82, 2.24) is 5.32 Å². The number of carbonyl (C=O) groups excluding carboxylic acids is 1. The van der Waals surface area contributed by atoms with Crippen LogP contribution in [0, 0.1) is 0 Å². The summed E-state index contributed by atoms with van der Waals surface area (Å²) in [7, 11) is 0. The highest BCUT2D eigenvalue weighted by molar-refractivity contribution is 6.31. The minimum absolute atomic E-state index is 0.00521. The van der Waals surface area contributed by atoms with Crippen LogP contribution >= 0.6 is 11.6 Å². The molecule has 3 N–H and O–H groups in total. The van der Waals surface area contributed by atoms with Gasteiger partial charge in [-0.05, 0) is 37.3 Å². The van der Waals surface area contributed by atoms with Gasteiger partial charge in [-0.2, -0.15) is 0 Å². The van der Waals surface area contributed by atoms with Crippen molar-refractivity contribution in [3.63, 3.8) is 0 Å². The molecule has 1 saturated heterocycles. The van der Waals surface area contributed by atoms with Gasteiger partial charge in [0.15, 0.2) is 0 Å². The quantitative estimate of drug-likeness (QED) is 0.838. The van der Waals surface area contributed by atoms with Gasteiger partial charge in [-0.25, -0.2) is 0 Å². The number of rotatable bonds is 6. The van der Waals surface area contributed by atoms with Crippen LogP contribution in [0.2, 0.25) is 5.02 Å². The summed E-state index contributed by atoms with van der Waals surface area (Å²) in [4.78, 5) is 13.1. The number of benzene rings is 1. The normalized spacial score (nSPS) is 17.7. The average Bonchev–Trinajstić information content (AvgIpc) is 2.60. The van der Waals surface area contributed by atoms with Crippen LogP contribution in [0.25, 0.3) is 0 Å². The van der Waals surface area contributed by atoms with E-state index in [9.17, 15) is 4.79 Å². The molecule has 0 radical (unpaired) electrons. The second kappa shape index (κ2) is 7.65. The number of amides is 1. The molecular formula is C18H27ClN2O2. The Labute approximate surface area is 143 Å². The first kappa shape index (κ1) is 18.2. The van der Waals surface area contributed by atoms with Crippen molar-refractivity contribution in [2.75, 3.05) is 19.8 Å². The van der Waals surface area contributed by atoms with Gasteiger partial charge in [0.05, 0.1) is 5.41 Å². The number of nitrogens with one attached hydrogen (secondary N) is 1. The lowest BCUT2D eigenvalue weighted by molar-refractivity contribution is -0.130. The third-order valence-corrected chi connectivity index (χ3v) is 5.51. The molecule has 1 aromatic rings. The summed E-state index contributed by atoms with van der Waals surface area (Å²) >= 11 is 6.39. The highest BCUT2D eigenvalue weighted by Gasteiger charge is 2.43. The zero-order valence-electron chi connectivity index (χ0n) is 14.0. The van der Waals surface area contributed by atoms with Crippen molar-refractivity contribution in [2.45, 2.75) is 50.5 Å². The summed E-state index contributed by atoms with van der Waals surface area (Å²) in [6.07, 6.45) is 2.93. The number of nitrogens with two attached hydrogens (primary N) is 1. The van der Waals surface area contributed by atoms with Gasteiger partial charge in [0.25, 0.3) is 0 Å². The highest BCUT2D eigenvalue weighted by Crippen LogP contribution is 2.38. The maximum Gasteiger partial charge on any atom is 0.230 e. The summed E-state index contributed by atoms with van der Waals surface area (Å²) in [5.41, 5.74) is 6.22. The Morgan fingerprint density at radius 3 is 2.48 bits per heavy atom. The lowest BCUT2D eigenvalue weighted by Crippen LogP contribution is -2.54. The van der Waals surface area contributed by atoms with Crippen molar-refractivity contribution in [2.24, 2.45) is 5.73 Å². The zero-order valence-corrected chi connectivity index (χ0v) is 14.8. The molecule has 0 spiro atoms. The van der Waals surface area contributed by atoms with Gasteiger partial charge in [-0.15, -0.1) is 0 Å². The van der Waals surface area contributed by atoms with Crippen LogP contribution in [0.5, 0.6) is 0 Å². The number of hydrogen-bond acceptors (Lipinski definition) is 3. The topological polar surface area (TPSA) is 64.3 Å². The van der Waals surface area contributed by atoms with Crippen molar-refractivity contribution < 1.29 is 9.53 Å². The third-order valence-electron chi connectivity index (χ3n) is 5.18. The van der Waals surface area contributed by atoms with Gasteiger partial charge in [0, 0.05) is 30.3 Å². The molecular weight excluding hydrogens is 312 g/mol. The number of halogens is 1. The molecule has 1 aromatic carbocycles. The summed E-state index contributed by atoms with van der Waals surface area (Å²) in [5, 5.41) is 3.72. The van der Waals surface area contributed by atoms with Crippen LogP contribution in [0.1, 0.15) is 45.1 Å². The van der Waals surface area contributed by atoms with Gasteiger partial charge in [0.2, 0.25) is 5.91 Å². The van der Waals surface area contributed by atoms with E-state index < -0.39 is 5.41 Å². The average molecular weight is 339 g/mol. The minimum atomic E-state index is -0.626. The monoisotopic (exact) mass is 338 g/mol. The molecule has 5 heteroatoms. The first-order valence-corrected chi connectivity index (χ1v) is 8.75. The second-order valence-corrected chi connectivity index (χ2v) is 6.83. The van der Waals surface area contributed by atoms with Crippen molar-refractivity contribution in [3.05, 3.63) is 34.9 Å². The van der Waals surface area contributed by atoms with E-state index in [1.54, 1.807) is 0 Å². The molecule has 0 aromatic heterocycles. The van der Waals surface area contributed by atoms with E-state index in [4.69, 9.17) is 22.1 Å². The molecule has 128 valence electrons. The zero-order chi connectivity index (χ0) is 16.9. The first-order valence-electron chi connectivity index (χ1n) is 8.37. The number of hydrogen-bond donors (Lipinski definition) is 2. The largest absolute Gasteiger partial charge is 0.381 e. The van der Waals surface area contributed by atoms with Crippen LogP contribution in [-0.4, -0.2) is 31.2 Å². The SMILES string of the molecule is CCC(N)(CC)CNC(=O)C1(c2ccccc2Cl)CCOCC1. The predicted octanol–water partition coefficient (Wildman–Crippen LogP) is 3.02. The molecule has 1 amide bonds. The molecule has 0 bridgehead atoms. The maximum absolute atomic E-state index is 13.1. The molecule has 1 aliphatic rings. The second-order valence-electron chi connectivity index (χ2n) is 6.43. The van der Waals surface area contributed by atoms with Crippen LogP contribution in [0.3, 0.4) is 0 Å². The van der Waals surface area contributed by atoms with E-state index in [2.05, 4.69) is 5.32 Å². The summed E-state index contributed by atoms with van der Waals surface area (Å²) < 4.78 is 5.48. The fourth-order valence-corrected chi connectivity index (χ4v) is 3.43. The van der Waals surface area contributed by atoms with Gasteiger partial charge < -0.3 is 15.8 Å². The number of carbonyl (C=O) groups is 1. The van der Waals surface area contributed by atoms with Gasteiger partial charge in [-0.3, -0.25) is 4.79 Å². The van der Waals surface area contributed by atoms with E-state index in [1.165, 1.54) is 0 Å². The maximum atomic E-state index is 13.1. The van der Waals surface area contributed by atoms with Gasteiger partial charge >= 0.3 is 0 Å². The Bertz CT molecular complexity index is 538. The van der Waals surface area contributed by atoms with Crippen LogP contribution < -0.4 is 11.1 Å². The molecule has 1 heterocycles. The van der Waals surface area contributed by atoms with Crippen molar-refractivity contribution in [3.8, 4) is 0 Å². The number of ether oxygens (including phenoxy) is 1. The first-order chi connectivity index (χ1) is 11.0. The van der Waals surface area contributed by atoms with Gasteiger partial charge in [0.1, 0.15) is 0 Å². The lowest BCUT2D eigenvalue weighted by atomic mass is 9.73. The summed E-state index contributed by atoms with van der Waals surface area (Å²) in [6.45, 7) is 5.70. The molecule has 23 heavy (non-hydrogen) atoms. The van der Waals surface area contributed by atoms with Crippen LogP contribution in [-0.2, 0) is 14.9 Å². The Morgan fingerprint density at radius 1 is 1.30 bits per heavy atom. The Hall–Kier alpha value is -1.10. The molecule has 0 aliphatic carbocycles. The van der Waals surface area contributed by atoms with E-state index in [-0.39, 0.29) is 11.4 Å². The molecule has 0 saturated carbocycles. The molecule has 0 atom stereocenters. The molecule has 4 nitrogen and oxygen atoms in total. The molecule has 1 fully saturated rings. The minimum Gasteiger partial charge on any atom is -0.381 e. The lowest BCUT2D eigenvalue weighted by Gasteiger charge is -2.38. The standard InChI is InChI=1S/C18H27ClN2O2/c1-3-17(20,4-2)13-21-16(22)18(9-11-23-12-10-18)14-7-5-6-8-15(14)19/h5-8H,3-4,9-13,20H2,1-2H3,(H,21,22). The smallest absolute Gasteiger partial charge is 0.230 e. The molecule has 0 unspecified atom stereocenters. The summed E-state index contributed by atoms with van der Waals surface area (Å²) in [5.74, 6) is 0.00521. The third kappa shape index (κ3) is 3.87. The predicted molar refractivity (Wildman–Crippen MR) is 93.7 cm³/mol. The van der Waals surface area contributed by atoms with E-state index in [1.807, 2.05) is 38.1 Å². The molecule has 1 aliphatic heterocycles. The Kier molecular flexibility index (Phi) is 6.06. The van der Waals surface area contributed by atoms with E-state index >= 15 is 0 Å². The van der Waals surface area contributed by atoms with Crippen molar-refractivity contribution in [1.29, 1.82) is 0 Å².